The molecule has 0 radical (unpaired) electrons. The number of pyridine rings is 1. The first-order valence-corrected chi connectivity index (χ1v) is 10.5. The van der Waals surface area contributed by atoms with E-state index in [1.54, 1.807) is 12.1 Å². The summed E-state index contributed by atoms with van der Waals surface area (Å²) in [5, 5.41) is 5.82. The van der Waals surface area contributed by atoms with Crippen LogP contribution in [0.15, 0.2) is 66.9 Å². The van der Waals surface area contributed by atoms with Gasteiger partial charge in [0.15, 0.2) is 6.61 Å². The summed E-state index contributed by atoms with van der Waals surface area (Å²) in [6.45, 7) is 1.85. The second-order valence-corrected chi connectivity index (χ2v) is 7.76. The molecule has 7 heteroatoms. The fourth-order valence-corrected chi connectivity index (χ4v) is 3.89. The van der Waals surface area contributed by atoms with E-state index < -0.39 is 0 Å². The van der Waals surface area contributed by atoms with Crippen molar-refractivity contribution in [2.45, 2.75) is 19.8 Å². The van der Waals surface area contributed by atoms with Gasteiger partial charge in [0, 0.05) is 23.9 Å². The highest BCUT2D eigenvalue weighted by Gasteiger charge is 2.18. The van der Waals surface area contributed by atoms with E-state index in [0.29, 0.717) is 30.1 Å². The summed E-state index contributed by atoms with van der Waals surface area (Å²) >= 11 is 0. The molecule has 0 spiro atoms. The number of anilines is 2. The van der Waals surface area contributed by atoms with Gasteiger partial charge in [-0.1, -0.05) is 36.4 Å². The topological polar surface area (TPSA) is 84.7 Å². The van der Waals surface area contributed by atoms with Crippen LogP contribution in [0.4, 0.5) is 11.5 Å². The van der Waals surface area contributed by atoms with Crippen LogP contribution in [-0.2, 0) is 16.0 Å². The molecule has 3 heterocycles. The van der Waals surface area contributed by atoms with Crippen molar-refractivity contribution in [3.63, 3.8) is 0 Å². The summed E-state index contributed by atoms with van der Waals surface area (Å²) in [7, 11) is 0. The third kappa shape index (κ3) is 3.80. The Morgan fingerprint density at radius 1 is 1.12 bits per heavy atom. The van der Waals surface area contributed by atoms with E-state index in [4.69, 9.17) is 9.72 Å². The fourth-order valence-electron chi connectivity index (χ4n) is 3.89. The molecule has 0 saturated carbocycles. The van der Waals surface area contributed by atoms with Gasteiger partial charge < -0.3 is 15.4 Å². The highest BCUT2D eigenvalue weighted by molar-refractivity contribution is 5.96. The van der Waals surface area contributed by atoms with Gasteiger partial charge in [0.1, 0.15) is 22.9 Å². The average Bonchev–Trinajstić information content (AvgIpc) is 3.18. The van der Waals surface area contributed by atoms with Crippen molar-refractivity contribution >= 4 is 29.0 Å². The van der Waals surface area contributed by atoms with Crippen molar-refractivity contribution in [3.8, 4) is 17.0 Å². The quantitative estimate of drug-likeness (QED) is 0.501. The third-order valence-corrected chi connectivity index (χ3v) is 5.49. The van der Waals surface area contributed by atoms with Crippen LogP contribution in [-0.4, -0.2) is 27.8 Å². The van der Waals surface area contributed by atoms with E-state index in [-0.39, 0.29) is 18.4 Å². The molecule has 5 rings (SSSR count). The average molecular weight is 426 g/mol. The Morgan fingerprint density at radius 3 is 2.81 bits per heavy atom. The van der Waals surface area contributed by atoms with Crippen LogP contribution in [0.5, 0.6) is 5.75 Å². The van der Waals surface area contributed by atoms with Gasteiger partial charge in [0.2, 0.25) is 5.91 Å². The van der Waals surface area contributed by atoms with Crippen molar-refractivity contribution < 1.29 is 14.3 Å². The number of benzene rings is 2. The lowest BCUT2D eigenvalue weighted by Gasteiger charge is -2.17. The zero-order valence-electron chi connectivity index (χ0n) is 17.6. The van der Waals surface area contributed by atoms with Gasteiger partial charge in [-0.05, 0) is 48.7 Å². The molecule has 1 aliphatic rings. The number of hydrogen-bond donors (Lipinski definition) is 2. The van der Waals surface area contributed by atoms with Crippen molar-refractivity contribution in [1.82, 2.24) is 9.38 Å². The zero-order valence-corrected chi connectivity index (χ0v) is 17.6. The predicted octanol–water partition coefficient (Wildman–Crippen LogP) is 4.21. The molecular formula is C25H22N4O3. The molecule has 2 N–H and O–H groups in total. The molecule has 2 aromatic carbocycles. The van der Waals surface area contributed by atoms with Crippen LogP contribution in [0.25, 0.3) is 16.9 Å². The van der Waals surface area contributed by atoms with Crippen molar-refractivity contribution in [1.29, 1.82) is 0 Å². The predicted molar refractivity (Wildman–Crippen MR) is 123 cm³/mol. The molecule has 2 aromatic heterocycles. The highest BCUT2D eigenvalue weighted by atomic mass is 16.5. The van der Waals surface area contributed by atoms with Crippen LogP contribution in [0.2, 0.25) is 0 Å². The summed E-state index contributed by atoms with van der Waals surface area (Å²) in [4.78, 5) is 29.1. The fraction of sp³-hybridized carbons (Fsp3) is 0.160. The molecule has 0 atom stereocenters. The molecule has 0 aliphatic carbocycles. The third-order valence-electron chi connectivity index (χ3n) is 5.49. The lowest BCUT2D eigenvalue weighted by molar-refractivity contribution is -0.118. The molecule has 4 aromatic rings. The normalized spacial score (nSPS) is 12.8. The van der Waals surface area contributed by atoms with Gasteiger partial charge >= 0.3 is 0 Å². The van der Waals surface area contributed by atoms with Crippen LogP contribution in [0.3, 0.4) is 0 Å². The minimum atomic E-state index is -0.281. The van der Waals surface area contributed by atoms with Gasteiger partial charge in [-0.15, -0.1) is 0 Å². The number of rotatable bonds is 5. The van der Waals surface area contributed by atoms with Gasteiger partial charge in [0.25, 0.3) is 5.91 Å². The van der Waals surface area contributed by atoms with E-state index in [9.17, 15) is 9.59 Å². The second kappa shape index (κ2) is 8.19. The van der Waals surface area contributed by atoms with Crippen LogP contribution >= 0.6 is 0 Å². The van der Waals surface area contributed by atoms with Gasteiger partial charge in [-0.3, -0.25) is 14.0 Å². The van der Waals surface area contributed by atoms with Crippen LogP contribution < -0.4 is 15.4 Å². The summed E-state index contributed by atoms with van der Waals surface area (Å²) in [6, 6.07) is 19.1. The summed E-state index contributed by atoms with van der Waals surface area (Å²) in [5.74, 6) is 0.934. The first kappa shape index (κ1) is 19.8. The maximum Gasteiger partial charge on any atom is 0.263 e. The number of ether oxygens (including phenoxy) is 1. The molecule has 7 nitrogen and oxygen atoms in total. The number of aryl methyl sites for hydroxylation is 2. The molecule has 1 aliphatic heterocycles. The van der Waals surface area contributed by atoms with E-state index >= 15 is 0 Å². The van der Waals surface area contributed by atoms with Gasteiger partial charge in [0.05, 0.1) is 0 Å². The Balaban J connectivity index is 1.37. The Labute approximate surface area is 185 Å². The zero-order chi connectivity index (χ0) is 22.1. The summed E-state index contributed by atoms with van der Waals surface area (Å²) in [6.07, 6.45) is 3.00. The minimum Gasteiger partial charge on any atom is -0.484 e. The van der Waals surface area contributed by atoms with Crippen molar-refractivity contribution in [3.05, 3.63) is 78.0 Å². The number of hydrogen-bond acceptors (Lipinski definition) is 4. The summed E-state index contributed by atoms with van der Waals surface area (Å²) in [5.41, 5.74) is 5.24. The van der Waals surface area contributed by atoms with E-state index in [1.165, 1.54) is 0 Å². The standard InChI is InChI=1S/C25H22N4O3/c1-16-6-5-13-29-24(16)28-23(17-7-3-2-4-8-17)25(29)27-22(31)15-32-19-10-11-20-18(14-19)9-12-21(30)26-20/h2-8,10-11,13-14H,9,12,15H2,1H3,(H,26,30)(H,27,31). The smallest absolute Gasteiger partial charge is 0.263 e. The monoisotopic (exact) mass is 426 g/mol. The second-order valence-electron chi connectivity index (χ2n) is 7.76. The molecule has 0 saturated heterocycles. The first-order valence-electron chi connectivity index (χ1n) is 10.5. The lowest BCUT2D eigenvalue weighted by Crippen LogP contribution is -2.22. The SMILES string of the molecule is Cc1cccn2c(NC(=O)COc3ccc4c(c3)CCC(=O)N4)c(-c3ccccc3)nc12. The molecular weight excluding hydrogens is 404 g/mol. The number of aromatic nitrogens is 2. The molecule has 0 unspecified atom stereocenters. The van der Waals surface area contributed by atoms with Crippen molar-refractivity contribution in [2.75, 3.05) is 17.2 Å². The summed E-state index contributed by atoms with van der Waals surface area (Å²) < 4.78 is 7.62. The van der Waals surface area contributed by atoms with E-state index in [1.807, 2.05) is 66.1 Å². The number of nitrogens with one attached hydrogen (secondary N) is 2. The Hall–Kier alpha value is -4.13. The first-order chi connectivity index (χ1) is 15.6. The largest absolute Gasteiger partial charge is 0.484 e. The van der Waals surface area contributed by atoms with Gasteiger partial charge in [-0.2, -0.15) is 0 Å². The lowest BCUT2D eigenvalue weighted by atomic mass is 10.0. The maximum atomic E-state index is 12.8. The number of amides is 2. The van der Waals surface area contributed by atoms with Crippen LogP contribution in [0.1, 0.15) is 17.5 Å². The van der Waals surface area contributed by atoms with Gasteiger partial charge in [-0.25, -0.2) is 4.98 Å². The number of imidazole rings is 1. The van der Waals surface area contributed by atoms with E-state index in [2.05, 4.69) is 10.6 Å². The number of carbonyl (C=O) groups excluding carboxylic acids is 2. The molecule has 0 bridgehead atoms. The molecule has 2 amide bonds. The number of nitrogens with zero attached hydrogens (tertiary/aromatic N) is 2. The molecule has 32 heavy (non-hydrogen) atoms. The Morgan fingerprint density at radius 2 is 1.97 bits per heavy atom. The number of carbonyl (C=O) groups is 2. The Kier molecular flexibility index (Phi) is 5.07. The van der Waals surface area contributed by atoms with E-state index in [0.717, 1.165) is 28.0 Å². The van der Waals surface area contributed by atoms with Crippen molar-refractivity contribution in [2.24, 2.45) is 0 Å². The van der Waals surface area contributed by atoms with Crippen LogP contribution in [0, 0.1) is 6.92 Å². The maximum absolute atomic E-state index is 12.8. The highest BCUT2D eigenvalue weighted by Crippen LogP contribution is 2.30. The molecule has 160 valence electrons. The minimum absolute atomic E-state index is 0.0167. The molecule has 0 fully saturated rings. The number of fused-ring (bicyclic) bond motifs is 2. The Bertz CT molecular complexity index is 1330.